The zero-order chi connectivity index (χ0) is 14.5. The second kappa shape index (κ2) is 6.56. The number of nitrogens with zero attached hydrogens (tertiary/aromatic N) is 1. The van der Waals surface area contributed by atoms with E-state index in [4.69, 9.17) is 10.00 Å². The summed E-state index contributed by atoms with van der Waals surface area (Å²) >= 11 is 0. The predicted octanol–water partition coefficient (Wildman–Crippen LogP) is 3.29. The Morgan fingerprint density at radius 2 is 2.20 bits per heavy atom. The Morgan fingerprint density at radius 3 is 2.80 bits per heavy atom. The van der Waals surface area contributed by atoms with E-state index in [1.165, 1.54) is 0 Å². The van der Waals surface area contributed by atoms with E-state index in [0.29, 0.717) is 5.92 Å². The fourth-order valence-corrected chi connectivity index (χ4v) is 2.88. The molecule has 0 aliphatic heterocycles. The molecule has 0 N–H and O–H groups in total. The van der Waals surface area contributed by atoms with Crippen molar-refractivity contribution in [1.29, 1.82) is 5.26 Å². The Bertz CT molecular complexity index is 491. The normalized spacial score (nSPS) is 26.8. The number of carbonyl (C=O) groups is 1. The van der Waals surface area contributed by atoms with Crippen molar-refractivity contribution in [3.8, 4) is 6.07 Å². The van der Waals surface area contributed by atoms with Gasteiger partial charge in [-0.25, -0.2) is 0 Å². The van der Waals surface area contributed by atoms with Crippen molar-refractivity contribution in [1.82, 2.24) is 0 Å². The first-order valence-electron chi connectivity index (χ1n) is 6.95. The summed E-state index contributed by atoms with van der Waals surface area (Å²) in [7, 11) is 0. The highest BCUT2D eigenvalue weighted by molar-refractivity contribution is 5.76. The van der Waals surface area contributed by atoms with Gasteiger partial charge in [0.1, 0.15) is 6.07 Å². The lowest BCUT2D eigenvalue weighted by Gasteiger charge is -2.24. The van der Waals surface area contributed by atoms with E-state index >= 15 is 0 Å². The summed E-state index contributed by atoms with van der Waals surface area (Å²) in [5, 5.41) is 8.76. The van der Waals surface area contributed by atoms with E-state index in [9.17, 15) is 4.79 Å². The summed E-state index contributed by atoms with van der Waals surface area (Å²) in [4.78, 5) is 12.2. The minimum Gasteiger partial charge on any atom is -0.447 e. The van der Waals surface area contributed by atoms with Crippen LogP contribution in [0.15, 0.2) is 30.3 Å². The molecule has 1 aliphatic carbocycles. The van der Waals surface area contributed by atoms with Gasteiger partial charge >= 0.3 is 5.97 Å². The maximum atomic E-state index is 12.2. The van der Waals surface area contributed by atoms with E-state index in [2.05, 4.69) is 6.92 Å². The SMILES string of the molecule is [CH2]CC1C[CH]C(C(=O)OC(C)C#N)C1c1ccccc1. The van der Waals surface area contributed by atoms with Gasteiger partial charge in [0.05, 0.1) is 5.92 Å². The second-order valence-electron chi connectivity index (χ2n) is 5.19. The molecule has 0 saturated heterocycles. The fraction of sp³-hybridized carbons (Fsp3) is 0.412. The van der Waals surface area contributed by atoms with Crippen LogP contribution in [0.1, 0.15) is 31.2 Å². The van der Waals surface area contributed by atoms with Gasteiger partial charge in [0.25, 0.3) is 0 Å². The van der Waals surface area contributed by atoms with Crippen LogP contribution in [-0.2, 0) is 9.53 Å². The third-order valence-corrected chi connectivity index (χ3v) is 3.89. The van der Waals surface area contributed by atoms with Gasteiger partial charge in [-0.05, 0) is 37.7 Å². The first-order chi connectivity index (χ1) is 9.67. The Balaban J connectivity index is 2.20. The molecule has 4 unspecified atom stereocenters. The smallest absolute Gasteiger partial charge is 0.311 e. The molecule has 20 heavy (non-hydrogen) atoms. The predicted molar refractivity (Wildman–Crippen MR) is 76.2 cm³/mol. The molecule has 3 nitrogen and oxygen atoms in total. The van der Waals surface area contributed by atoms with Gasteiger partial charge in [-0.2, -0.15) is 5.26 Å². The van der Waals surface area contributed by atoms with Crippen LogP contribution >= 0.6 is 0 Å². The van der Waals surface area contributed by atoms with Gasteiger partial charge in [-0.1, -0.05) is 37.3 Å². The Morgan fingerprint density at radius 1 is 1.50 bits per heavy atom. The first kappa shape index (κ1) is 14.6. The van der Waals surface area contributed by atoms with Crippen molar-refractivity contribution in [2.45, 2.75) is 31.8 Å². The monoisotopic (exact) mass is 269 g/mol. The molecule has 2 rings (SSSR count). The van der Waals surface area contributed by atoms with E-state index < -0.39 is 6.10 Å². The number of hydrogen-bond acceptors (Lipinski definition) is 3. The minimum absolute atomic E-state index is 0.104. The van der Waals surface area contributed by atoms with Gasteiger partial charge in [-0.15, -0.1) is 0 Å². The average Bonchev–Trinajstić information content (AvgIpc) is 2.91. The van der Waals surface area contributed by atoms with Crippen LogP contribution in [0, 0.1) is 36.5 Å². The highest BCUT2D eigenvalue weighted by atomic mass is 16.5. The molecule has 2 radical (unpaired) electrons. The van der Waals surface area contributed by atoms with Crippen molar-refractivity contribution < 1.29 is 9.53 Å². The standard InChI is InChI=1S/C17H19NO2/c1-3-13-9-10-15(17(19)20-12(2)11-18)16(13)14-7-5-4-6-8-14/h4-8,10,12-13,15-16H,1,3,9H2,2H3. The topological polar surface area (TPSA) is 50.1 Å². The molecule has 0 bridgehead atoms. The highest BCUT2D eigenvalue weighted by Gasteiger charge is 2.41. The molecular weight excluding hydrogens is 250 g/mol. The van der Waals surface area contributed by atoms with Crippen molar-refractivity contribution in [2.24, 2.45) is 11.8 Å². The fourth-order valence-electron chi connectivity index (χ4n) is 2.88. The zero-order valence-electron chi connectivity index (χ0n) is 11.7. The molecule has 0 amide bonds. The first-order valence-corrected chi connectivity index (χ1v) is 6.95. The maximum absolute atomic E-state index is 12.2. The van der Waals surface area contributed by atoms with Crippen molar-refractivity contribution in [3.05, 3.63) is 49.2 Å². The Labute approximate surface area is 120 Å². The number of rotatable bonds is 4. The molecule has 1 saturated carbocycles. The van der Waals surface area contributed by atoms with Crippen molar-refractivity contribution in [2.75, 3.05) is 0 Å². The zero-order valence-corrected chi connectivity index (χ0v) is 11.7. The number of hydrogen-bond donors (Lipinski definition) is 0. The summed E-state index contributed by atoms with van der Waals surface area (Å²) in [6.45, 7) is 5.58. The van der Waals surface area contributed by atoms with Gasteiger partial charge in [0.15, 0.2) is 6.10 Å². The lowest BCUT2D eigenvalue weighted by Crippen LogP contribution is -2.25. The van der Waals surface area contributed by atoms with Gasteiger partial charge in [0, 0.05) is 5.92 Å². The van der Waals surface area contributed by atoms with E-state index in [1.54, 1.807) is 6.92 Å². The molecule has 0 heterocycles. The summed E-state index contributed by atoms with van der Waals surface area (Å²) in [6.07, 6.45) is 2.96. The Kier molecular flexibility index (Phi) is 4.79. The van der Waals surface area contributed by atoms with Gasteiger partial charge < -0.3 is 4.74 Å². The molecule has 4 atom stereocenters. The van der Waals surface area contributed by atoms with Gasteiger partial charge in [-0.3, -0.25) is 4.79 Å². The third kappa shape index (κ3) is 3.01. The van der Waals surface area contributed by atoms with E-state index in [1.807, 2.05) is 42.8 Å². The summed E-state index contributed by atoms with van der Waals surface area (Å²) in [5.74, 6) is -0.122. The Hall–Kier alpha value is -1.82. The van der Waals surface area contributed by atoms with Crippen molar-refractivity contribution >= 4 is 5.97 Å². The van der Waals surface area contributed by atoms with Crippen LogP contribution in [0.25, 0.3) is 0 Å². The summed E-state index contributed by atoms with van der Waals surface area (Å²) < 4.78 is 5.18. The molecule has 1 aromatic carbocycles. The summed E-state index contributed by atoms with van der Waals surface area (Å²) in [6, 6.07) is 11.9. The average molecular weight is 269 g/mol. The lowest BCUT2D eigenvalue weighted by molar-refractivity contribution is -0.150. The highest BCUT2D eigenvalue weighted by Crippen LogP contribution is 2.45. The largest absolute Gasteiger partial charge is 0.447 e. The molecular formula is C17H19NO2. The molecule has 1 aliphatic rings. The molecule has 1 fully saturated rings. The number of esters is 1. The number of carbonyl (C=O) groups excluding carboxylic acids is 1. The molecule has 1 aromatic rings. The van der Waals surface area contributed by atoms with Gasteiger partial charge in [0.2, 0.25) is 0 Å². The third-order valence-electron chi connectivity index (χ3n) is 3.89. The van der Waals surface area contributed by atoms with E-state index in [0.717, 1.165) is 18.4 Å². The van der Waals surface area contributed by atoms with Crippen LogP contribution < -0.4 is 0 Å². The molecule has 3 heteroatoms. The minimum atomic E-state index is -0.703. The molecule has 104 valence electrons. The number of benzene rings is 1. The van der Waals surface area contributed by atoms with Crippen LogP contribution in [0.2, 0.25) is 0 Å². The van der Waals surface area contributed by atoms with Crippen LogP contribution in [0.4, 0.5) is 0 Å². The summed E-state index contributed by atoms with van der Waals surface area (Å²) in [5.41, 5.74) is 1.14. The van der Waals surface area contributed by atoms with Crippen LogP contribution in [-0.4, -0.2) is 12.1 Å². The van der Waals surface area contributed by atoms with E-state index in [-0.39, 0.29) is 17.8 Å². The second-order valence-corrected chi connectivity index (χ2v) is 5.19. The maximum Gasteiger partial charge on any atom is 0.311 e. The quantitative estimate of drug-likeness (QED) is 0.788. The number of nitriles is 1. The lowest BCUT2D eigenvalue weighted by atomic mass is 9.82. The number of ether oxygens (including phenoxy) is 1. The van der Waals surface area contributed by atoms with Crippen LogP contribution in [0.5, 0.6) is 0 Å². The molecule has 0 spiro atoms. The van der Waals surface area contributed by atoms with Crippen molar-refractivity contribution in [3.63, 3.8) is 0 Å². The van der Waals surface area contributed by atoms with Crippen LogP contribution in [0.3, 0.4) is 0 Å². The molecule has 0 aromatic heterocycles.